The Hall–Kier alpha value is -2.37. The Morgan fingerprint density at radius 1 is 1.36 bits per heavy atom. The first-order valence-electron chi connectivity index (χ1n) is 9.31. The highest BCUT2D eigenvalue weighted by molar-refractivity contribution is 5.65. The van der Waals surface area contributed by atoms with E-state index < -0.39 is 18.0 Å². The van der Waals surface area contributed by atoms with Gasteiger partial charge in [-0.05, 0) is 17.5 Å². The number of benzene rings is 1. The molecule has 28 heavy (non-hydrogen) atoms. The zero-order valence-corrected chi connectivity index (χ0v) is 16.6. The third kappa shape index (κ3) is 3.64. The highest BCUT2D eigenvalue weighted by atomic mass is 19.1. The van der Waals surface area contributed by atoms with Gasteiger partial charge in [-0.3, -0.25) is 4.90 Å². The van der Waals surface area contributed by atoms with Gasteiger partial charge >= 0.3 is 6.09 Å². The van der Waals surface area contributed by atoms with Crippen molar-refractivity contribution in [3.63, 3.8) is 0 Å². The second-order valence-corrected chi connectivity index (χ2v) is 8.36. The van der Waals surface area contributed by atoms with Gasteiger partial charge in [0.25, 0.3) is 0 Å². The number of morpholine rings is 1. The van der Waals surface area contributed by atoms with Crippen LogP contribution in [0, 0.1) is 22.6 Å². The third-order valence-electron chi connectivity index (χ3n) is 5.53. The Bertz CT molecular complexity index is 802. The molecule has 3 rings (SSSR count). The second kappa shape index (κ2) is 7.57. The summed E-state index contributed by atoms with van der Waals surface area (Å²) in [6.45, 7) is 7.86. The van der Waals surface area contributed by atoms with Crippen molar-refractivity contribution in [1.82, 2.24) is 9.80 Å². The van der Waals surface area contributed by atoms with Crippen molar-refractivity contribution in [2.75, 3.05) is 33.3 Å². The molecule has 2 saturated heterocycles. The van der Waals surface area contributed by atoms with Crippen molar-refractivity contribution in [3.05, 3.63) is 29.1 Å². The molecule has 2 aliphatic heterocycles. The molecule has 1 unspecified atom stereocenters. The Balaban J connectivity index is 1.95. The topological polar surface area (TPSA) is 86.0 Å². The lowest BCUT2D eigenvalue weighted by atomic mass is 9.81. The van der Waals surface area contributed by atoms with Gasteiger partial charge in [0.05, 0.1) is 25.4 Å². The molecule has 1 N–H and O–H groups in total. The summed E-state index contributed by atoms with van der Waals surface area (Å²) in [6, 6.07) is 4.96. The van der Waals surface area contributed by atoms with Crippen molar-refractivity contribution >= 4 is 6.09 Å². The van der Waals surface area contributed by atoms with E-state index in [-0.39, 0.29) is 28.9 Å². The van der Waals surface area contributed by atoms with E-state index >= 15 is 4.39 Å². The molecule has 8 heteroatoms. The van der Waals surface area contributed by atoms with Gasteiger partial charge in [0.2, 0.25) is 0 Å². The van der Waals surface area contributed by atoms with Crippen LogP contribution in [0.15, 0.2) is 12.1 Å². The highest BCUT2D eigenvalue weighted by Gasteiger charge is 2.46. The van der Waals surface area contributed by atoms with Crippen molar-refractivity contribution in [3.8, 4) is 11.8 Å². The molecule has 152 valence electrons. The molecule has 0 aromatic heterocycles. The molecule has 7 nitrogen and oxygen atoms in total. The van der Waals surface area contributed by atoms with Crippen LogP contribution in [-0.2, 0) is 4.74 Å². The Morgan fingerprint density at radius 3 is 2.64 bits per heavy atom. The van der Waals surface area contributed by atoms with Gasteiger partial charge < -0.3 is 19.5 Å². The molecule has 0 aliphatic carbocycles. The number of piperazine rings is 1. The maximum absolute atomic E-state index is 15.0. The van der Waals surface area contributed by atoms with Gasteiger partial charge in [-0.2, -0.15) is 5.26 Å². The predicted molar refractivity (Wildman–Crippen MR) is 99.7 cm³/mol. The van der Waals surface area contributed by atoms with E-state index in [1.165, 1.54) is 12.0 Å². The summed E-state index contributed by atoms with van der Waals surface area (Å²) in [5.74, 6) is -0.429. The summed E-state index contributed by atoms with van der Waals surface area (Å²) >= 11 is 0. The number of methoxy groups -OCH3 is 1. The van der Waals surface area contributed by atoms with E-state index in [4.69, 9.17) is 9.47 Å². The Kier molecular flexibility index (Phi) is 5.50. The zero-order valence-electron chi connectivity index (χ0n) is 16.6. The van der Waals surface area contributed by atoms with E-state index in [0.29, 0.717) is 31.7 Å². The predicted octanol–water partition coefficient (Wildman–Crippen LogP) is 2.86. The average molecular weight is 391 g/mol. The van der Waals surface area contributed by atoms with Crippen LogP contribution in [0.5, 0.6) is 5.75 Å². The number of halogens is 1. The fourth-order valence-electron chi connectivity index (χ4n) is 4.11. The van der Waals surface area contributed by atoms with E-state index in [2.05, 4.69) is 4.90 Å². The summed E-state index contributed by atoms with van der Waals surface area (Å²) in [6.07, 6.45) is -1.77. The summed E-state index contributed by atoms with van der Waals surface area (Å²) in [5.41, 5.74) is -0.0798. The van der Waals surface area contributed by atoms with Gasteiger partial charge in [0.1, 0.15) is 17.4 Å². The standard InChI is InChI=1S/C20H26FN3O4/c1-20(2,3)18-14-10-24(19(25)26)8-7-23(14)11-16(28-18)12-5-6-15(27-4)13(9-22)17(12)21/h5-6,14,16,18H,7-8,10-11H2,1-4H3,(H,25,26)/t14-,16+,18?/m0/s1. The number of carboxylic acid groups (broad SMARTS) is 1. The largest absolute Gasteiger partial charge is 0.495 e. The molecule has 1 aromatic rings. The molecule has 3 atom stereocenters. The van der Waals surface area contributed by atoms with Crippen LogP contribution in [0.1, 0.15) is 38.0 Å². The monoisotopic (exact) mass is 391 g/mol. The van der Waals surface area contributed by atoms with E-state index in [1.807, 2.05) is 26.8 Å². The zero-order chi connectivity index (χ0) is 20.6. The Morgan fingerprint density at radius 2 is 2.07 bits per heavy atom. The molecular formula is C20H26FN3O4. The average Bonchev–Trinajstić information content (AvgIpc) is 2.65. The molecule has 0 saturated carbocycles. The van der Waals surface area contributed by atoms with Gasteiger partial charge in [-0.25, -0.2) is 9.18 Å². The fourth-order valence-corrected chi connectivity index (χ4v) is 4.11. The van der Waals surface area contributed by atoms with Crippen molar-refractivity contribution < 1.29 is 23.8 Å². The SMILES string of the molecule is COc1ccc([C@H]2CN3CCN(C(=O)O)C[C@H]3C(C(C)(C)C)O2)c(F)c1C#N. The lowest BCUT2D eigenvalue weighted by molar-refractivity contribution is -0.174. The lowest BCUT2D eigenvalue weighted by Gasteiger charge is -2.52. The van der Waals surface area contributed by atoms with E-state index in [9.17, 15) is 15.2 Å². The van der Waals surface area contributed by atoms with Crippen LogP contribution in [0.4, 0.5) is 9.18 Å². The number of fused-ring (bicyclic) bond motifs is 1. The first kappa shape index (κ1) is 20.4. The van der Waals surface area contributed by atoms with Crippen LogP contribution in [-0.4, -0.2) is 66.4 Å². The van der Waals surface area contributed by atoms with Gasteiger partial charge in [0, 0.05) is 31.7 Å². The molecule has 0 spiro atoms. The molecule has 1 aromatic carbocycles. The van der Waals surface area contributed by atoms with Gasteiger partial charge in [-0.15, -0.1) is 0 Å². The van der Waals surface area contributed by atoms with Crippen LogP contribution in [0.2, 0.25) is 0 Å². The molecule has 0 bridgehead atoms. The normalized spacial score (nSPS) is 25.7. The number of rotatable bonds is 2. The number of amides is 1. The minimum Gasteiger partial charge on any atom is -0.495 e. The van der Waals surface area contributed by atoms with Crippen LogP contribution in [0.25, 0.3) is 0 Å². The van der Waals surface area contributed by atoms with Crippen LogP contribution in [0.3, 0.4) is 0 Å². The maximum Gasteiger partial charge on any atom is 0.407 e. The van der Waals surface area contributed by atoms with Crippen LogP contribution < -0.4 is 4.74 Å². The minimum absolute atomic E-state index is 0.0992. The minimum atomic E-state index is -0.936. The molecular weight excluding hydrogens is 365 g/mol. The van der Waals surface area contributed by atoms with Crippen molar-refractivity contribution in [2.24, 2.45) is 5.41 Å². The molecule has 1 amide bonds. The number of nitriles is 1. The van der Waals surface area contributed by atoms with Crippen LogP contribution >= 0.6 is 0 Å². The number of ether oxygens (including phenoxy) is 2. The van der Waals surface area contributed by atoms with Gasteiger partial charge in [-0.1, -0.05) is 20.8 Å². The number of carbonyl (C=O) groups is 1. The quantitative estimate of drug-likeness (QED) is 0.834. The lowest BCUT2D eigenvalue weighted by Crippen LogP contribution is -2.65. The first-order chi connectivity index (χ1) is 13.2. The number of nitrogens with zero attached hydrogens (tertiary/aromatic N) is 3. The van der Waals surface area contributed by atoms with E-state index in [0.717, 1.165) is 0 Å². The highest BCUT2D eigenvalue weighted by Crippen LogP contribution is 2.40. The molecule has 2 heterocycles. The molecule has 2 fully saturated rings. The third-order valence-corrected chi connectivity index (χ3v) is 5.53. The van der Waals surface area contributed by atoms with E-state index in [1.54, 1.807) is 12.1 Å². The smallest absolute Gasteiger partial charge is 0.407 e. The van der Waals surface area contributed by atoms with Crippen molar-refractivity contribution in [1.29, 1.82) is 5.26 Å². The summed E-state index contributed by atoms with van der Waals surface area (Å²) in [4.78, 5) is 15.0. The number of hydrogen-bond acceptors (Lipinski definition) is 5. The molecule has 2 aliphatic rings. The second-order valence-electron chi connectivity index (χ2n) is 8.36. The fraction of sp³-hybridized carbons (Fsp3) is 0.600. The summed E-state index contributed by atoms with van der Waals surface area (Å²) in [7, 11) is 1.40. The van der Waals surface area contributed by atoms with Crippen molar-refractivity contribution in [2.45, 2.75) is 39.0 Å². The summed E-state index contributed by atoms with van der Waals surface area (Å²) in [5, 5.41) is 18.7. The summed E-state index contributed by atoms with van der Waals surface area (Å²) < 4.78 is 26.5. The maximum atomic E-state index is 15.0. The first-order valence-corrected chi connectivity index (χ1v) is 9.31. The number of hydrogen-bond donors (Lipinski definition) is 1. The Labute approximate surface area is 164 Å². The van der Waals surface area contributed by atoms with Gasteiger partial charge in [0.15, 0.2) is 5.82 Å². The molecule has 0 radical (unpaired) electrons.